The quantitative estimate of drug-likeness (QED) is 0.667. The van der Waals surface area contributed by atoms with Crippen molar-refractivity contribution in [2.24, 2.45) is 5.92 Å². The second-order valence-electron chi connectivity index (χ2n) is 6.69. The third-order valence-electron chi connectivity index (χ3n) is 4.21. The van der Waals surface area contributed by atoms with Crippen LogP contribution >= 0.6 is 12.4 Å². The van der Waals surface area contributed by atoms with Gasteiger partial charge < -0.3 is 15.4 Å². The van der Waals surface area contributed by atoms with Gasteiger partial charge in [-0.2, -0.15) is 0 Å². The predicted octanol–water partition coefficient (Wildman–Crippen LogP) is 1.53. The first-order chi connectivity index (χ1) is 11.7. The zero-order valence-corrected chi connectivity index (χ0v) is 17.2. The SMILES string of the molecule is COc1ccc(C(=O)NC2CCNCC2C)cc1S(=O)(=O)NC(C)C.Cl. The molecule has 26 heavy (non-hydrogen) atoms. The normalized spacial score (nSPS) is 20.3. The van der Waals surface area contributed by atoms with E-state index in [1.807, 2.05) is 0 Å². The second kappa shape index (κ2) is 9.55. The number of piperidine rings is 1. The van der Waals surface area contributed by atoms with E-state index in [0.29, 0.717) is 11.5 Å². The minimum Gasteiger partial charge on any atom is -0.495 e. The van der Waals surface area contributed by atoms with Gasteiger partial charge in [-0.3, -0.25) is 4.79 Å². The molecule has 1 heterocycles. The Bertz CT molecular complexity index is 725. The number of carbonyl (C=O) groups excluding carboxylic acids is 1. The largest absolute Gasteiger partial charge is 0.495 e. The Morgan fingerprint density at radius 3 is 2.62 bits per heavy atom. The fraction of sp³-hybridized carbons (Fsp3) is 0.588. The summed E-state index contributed by atoms with van der Waals surface area (Å²) < 4.78 is 32.7. The minimum atomic E-state index is -3.77. The molecule has 1 aliphatic rings. The number of amides is 1. The molecule has 3 N–H and O–H groups in total. The minimum absolute atomic E-state index is 0. The Morgan fingerprint density at radius 2 is 2.04 bits per heavy atom. The van der Waals surface area contributed by atoms with Gasteiger partial charge >= 0.3 is 0 Å². The van der Waals surface area contributed by atoms with Gasteiger partial charge in [-0.25, -0.2) is 13.1 Å². The van der Waals surface area contributed by atoms with Gasteiger partial charge in [0.2, 0.25) is 10.0 Å². The summed E-state index contributed by atoms with van der Waals surface area (Å²) in [5.41, 5.74) is 0.302. The molecular formula is C17H28ClN3O4S. The lowest BCUT2D eigenvalue weighted by Crippen LogP contribution is -2.48. The summed E-state index contributed by atoms with van der Waals surface area (Å²) in [6.07, 6.45) is 0.850. The first kappa shape index (κ1) is 22.7. The zero-order valence-electron chi connectivity index (χ0n) is 15.5. The van der Waals surface area contributed by atoms with Crippen LogP contribution in [-0.4, -0.2) is 46.6 Å². The van der Waals surface area contributed by atoms with E-state index in [9.17, 15) is 13.2 Å². The van der Waals surface area contributed by atoms with Gasteiger partial charge in [-0.15, -0.1) is 12.4 Å². The first-order valence-electron chi connectivity index (χ1n) is 8.46. The van der Waals surface area contributed by atoms with Gasteiger partial charge in [-0.1, -0.05) is 6.92 Å². The number of benzene rings is 1. The van der Waals surface area contributed by atoms with Gasteiger partial charge in [0, 0.05) is 17.6 Å². The molecule has 9 heteroatoms. The van der Waals surface area contributed by atoms with Crippen molar-refractivity contribution >= 4 is 28.3 Å². The monoisotopic (exact) mass is 405 g/mol. The second-order valence-corrected chi connectivity index (χ2v) is 8.37. The van der Waals surface area contributed by atoms with Crippen LogP contribution in [0.25, 0.3) is 0 Å². The van der Waals surface area contributed by atoms with E-state index in [1.54, 1.807) is 19.9 Å². The predicted molar refractivity (Wildman–Crippen MR) is 104 cm³/mol. The number of sulfonamides is 1. The standard InChI is InChI=1S/C17H27N3O4S.ClH/c1-11(2)20-25(22,23)16-9-13(5-6-15(16)24-4)17(21)19-14-7-8-18-10-12(14)3;/h5-6,9,11-12,14,18,20H,7-8,10H2,1-4H3,(H,19,21);1H. The average molecular weight is 406 g/mol. The van der Waals surface area contributed by atoms with E-state index < -0.39 is 10.0 Å². The molecule has 2 atom stereocenters. The molecule has 0 radical (unpaired) electrons. The first-order valence-corrected chi connectivity index (χ1v) is 9.95. The summed E-state index contributed by atoms with van der Waals surface area (Å²) in [4.78, 5) is 12.5. The van der Waals surface area contributed by atoms with Crippen LogP contribution in [0.3, 0.4) is 0 Å². The maximum atomic E-state index is 12.6. The highest BCUT2D eigenvalue weighted by Gasteiger charge is 2.25. The molecule has 2 unspecified atom stereocenters. The Morgan fingerprint density at radius 1 is 1.35 bits per heavy atom. The number of hydrogen-bond acceptors (Lipinski definition) is 5. The molecule has 2 rings (SSSR count). The molecule has 7 nitrogen and oxygen atoms in total. The molecule has 0 bridgehead atoms. The fourth-order valence-electron chi connectivity index (χ4n) is 2.88. The smallest absolute Gasteiger partial charge is 0.251 e. The summed E-state index contributed by atoms with van der Waals surface area (Å²) >= 11 is 0. The van der Waals surface area contributed by atoms with Crippen molar-refractivity contribution in [3.8, 4) is 5.75 Å². The lowest BCUT2D eigenvalue weighted by atomic mass is 9.95. The Balaban J connectivity index is 0.00000338. The molecular weight excluding hydrogens is 378 g/mol. The summed E-state index contributed by atoms with van der Waals surface area (Å²) in [5.74, 6) is 0.254. The van der Waals surface area contributed by atoms with Crippen LogP contribution in [0, 0.1) is 5.92 Å². The van der Waals surface area contributed by atoms with Crippen molar-refractivity contribution in [1.29, 1.82) is 0 Å². The number of methoxy groups -OCH3 is 1. The molecule has 1 amide bonds. The summed E-state index contributed by atoms with van der Waals surface area (Å²) in [6, 6.07) is 4.27. The zero-order chi connectivity index (χ0) is 18.6. The van der Waals surface area contributed by atoms with Gasteiger partial charge in [0.25, 0.3) is 5.91 Å². The van der Waals surface area contributed by atoms with Crippen molar-refractivity contribution in [2.45, 2.75) is 44.2 Å². The molecule has 0 aliphatic carbocycles. The van der Waals surface area contributed by atoms with Gasteiger partial charge in [0.05, 0.1) is 7.11 Å². The molecule has 148 valence electrons. The summed E-state index contributed by atoms with van der Waals surface area (Å²) in [5, 5.41) is 6.29. The Hall–Kier alpha value is -1.35. The van der Waals surface area contributed by atoms with Gasteiger partial charge in [0.15, 0.2) is 0 Å². The van der Waals surface area contributed by atoms with Crippen molar-refractivity contribution in [3.63, 3.8) is 0 Å². The van der Waals surface area contributed by atoms with E-state index in [1.165, 1.54) is 19.2 Å². The number of nitrogens with one attached hydrogen (secondary N) is 3. The molecule has 1 fully saturated rings. The maximum Gasteiger partial charge on any atom is 0.251 e. The lowest BCUT2D eigenvalue weighted by molar-refractivity contribution is 0.0914. The summed E-state index contributed by atoms with van der Waals surface area (Å²) in [7, 11) is -2.36. The molecule has 0 spiro atoms. The highest BCUT2D eigenvalue weighted by atomic mass is 35.5. The third kappa shape index (κ3) is 5.57. The van der Waals surface area contributed by atoms with Crippen molar-refractivity contribution < 1.29 is 17.9 Å². The van der Waals surface area contributed by atoms with Gasteiger partial charge in [-0.05, 0) is 57.5 Å². The molecule has 1 aromatic rings. The van der Waals surface area contributed by atoms with E-state index in [4.69, 9.17) is 4.74 Å². The highest BCUT2D eigenvalue weighted by Crippen LogP contribution is 2.25. The number of rotatable bonds is 6. The van der Waals surface area contributed by atoms with Crippen LogP contribution in [-0.2, 0) is 10.0 Å². The Labute approximate surface area is 161 Å². The van der Waals surface area contributed by atoms with E-state index in [0.717, 1.165) is 19.5 Å². The van der Waals surface area contributed by atoms with Crippen LogP contribution in [0.1, 0.15) is 37.6 Å². The van der Waals surface area contributed by atoms with Crippen LogP contribution in [0.5, 0.6) is 5.75 Å². The summed E-state index contributed by atoms with van der Waals surface area (Å²) in [6.45, 7) is 7.26. The molecule has 1 aromatic carbocycles. The van der Waals surface area contributed by atoms with Crippen molar-refractivity contribution in [3.05, 3.63) is 23.8 Å². The molecule has 1 saturated heterocycles. The van der Waals surface area contributed by atoms with Crippen LogP contribution in [0.2, 0.25) is 0 Å². The average Bonchev–Trinajstić information content (AvgIpc) is 2.55. The topological polar surface area (TPSA) is 96.5 Å². The highest BCUT2D eigenvalue weighted by molar-refractivity contribution is 7.89. The molecule has 0 aromatic heterocycles. The molecule has 1 aliphatic heterocycles. The number of hydrogen-bond donors (Lipinski definition) is 3. The number of carbonyl (C=O) groups is 1. The molecule has 0 saturated carbocycles. The van der Waals surface area contributed by atoms with Crippen LogP contribution < -0.4 is 20.1 Å². The fourth-order valence-corrected chi connectivity index (χ4v) is 4.33. The van der Waals surface area contributed by atoms with E-state index >= 15 is 0 Å². The third-order valence-corrected chi connectivity index (χ3v) is 5.89. The van der Waals surface area contributed by atoms with E-state index in [2.05, 4.69) is 22.3 Å². The maximum absolute atomic E-state index is 12.6. The van der Waals surface area contributed by atoms with Crippen LogP contribution in [0.15, 0.2) is 23.1 Å². The van der Waals surface area contributed by atoms with Crippen molar-refractivity contribution in [1.82, 2.24) is 15.4 Å². The van der Waals surface area contributed by atoms with Crippen LogP contribution in [0.4, 0.5) is 0 Å². The number of ether oxygens (including phenoxy) is 1. The van der Waals surface area contributed by atoms with Crippen molar-refractivity contribution in [2.75, 3.05) is 20.2 Å². The number of halogens is 1. The Kier molecular flexibility index (Phi) is 8.33. The lowest BCUT2D eigenvalue weighted by Gasteiger charge is -2.30. The van der Waals surface area contributed by atoms with E-state index in [-0.39, 0.29) is 41.0 Å². The van der Waals surface area contributed by atoms with Gasteiger partial charge in [0.1, 0.15) is 10.6 Å².